The third-order valence-corrected chi connectivity index (χ3v) is 2.74. The maximum atomic E-state index is 11.0. The first kappa shape index (κ1) is 15.7. The fraction of sp³-hybridized carbons (Fsp3) is 0.800. The van der Waals surface area contributed by atoms with Crippen LogP contribution in [0.3, 0.4) is 0 Å². The average Bonchev–Trinajstić information content (AvgIpc) is 1.95. The highest BCUT2D eigenvalue weighted by atomic mass is 31.2. The molecule has 0 atom stereocenters. The number of likely N-dealkylation sites (N-methyl/N-ethyl adjacent to an activating group) is 1. The van der Waals surface area contributed by atoms with Crippen LogP contribution in [0.5, 0.6) is 0 Å². The van der Waals surface area contributed by atoms with Crippen LogP contribution in [0.1, 0.15) is 0 Å². The molecule has 0 fully saturated rings. The largest absolute Gasteiger partial charge is 0.344 e. The fourth-order valence-corrected chi connectivity index (χ4v) is 1.97. The maximum absolute atomic E-state index is 11.0. The number of hydrogen-bond acceptors (Lipinski definition) is 4. The lowest BCUT2D eigenvalue weighted by atomic mass is 10.5. The Morgan fingerprint density at radius 3 is 2.06 bits per heavy atom. The number of nitrogens with zero attached hydrogens (tertiary/aromatic N) is 1. The summed E-state index contributed by atoms with van der Waals surface area (Å²) in [5.41, 5.74) is 0. The van der Waals surface area contributed by atoms with Gasteiger partial charge in [-0.1, -0.05) is 0 Å². The van der Waals surface area contributed by atoms with Gasteiger partial charge in [-0.05, 0) is 7.05 Å². The van der Waals surface area contributed by atoms with Crippen LogP contribution in [-0.4, -0.2) is 56.5 Å². The van der Waals surface area contributed by atoms with E-state index in [9.17, 15) is 13.9 Å². The zero-order chi connectivity index (χ0) is 13.0. The van der Waals surface area contributed by atoms with Crippen molar-refractivity contribution in [3.05, 3.63) is 0 Å². The van der Waals surface area contributed by atoms with E-state index in [0.717, 1.165) is 4.90 Å². The molecule has 96 valence electrons. The van der Waals surface area contributed by atoms with E-state index in [1.807, 2.05) is 5.32 Å². The Morgan fingerprint density at radius 2 is 1.69 bits per heavy atom. The van der Waals surface area contributed by atoms with Gasteiger partial charge in [0.15, 0.2) is 0 Å². The van der Waals surface area contributed by atoms with E-state index in [1.165, 1.54) is 7.05 Å². The number of nitrogens with one attached hydrogen (secondary N) is 1. The van der Waals surface area contributed by atoms with E-state index in [2.05, 4.69) is 0 Å². The average molecular weight is 276 g/mol. The molecule has 0 unspecified atom stereocenters. The monoisotopic (exact) mass is 276 g/mol. The van der Waals surface area contributed by atoms with E-state index >= 15 is 0 Å². The second-order valence-corrected chi connectivity index (χ2v) is 6.50. The summed E-state index contributed by atoms with van der Waals surface area (Å²) in [5.74, 6) is -0.723. The molecule has 1 amide bonds. The molecule has 0 saturated carbocycles. The number of hydrogen-bond donors (Lipinski definition) is 5. The summed E-state index contributed by atoms with van der Waals surface area (Å²) in [6.07, 6.45) is -1.40. The van der Waals surface area contributed by atoms with Gasteiger partial charge in [0.1, 0.15) is 12.6 Å². The second-order valence-electron chi connectivity index (χ2n) is 3.24. The fourth-order valence-electron chi connectivity index (χ4n) is 0.857. The van der Waals surface area contributed by atoms with Crippen LogP contribution in [-0.2, 0) is 13.9 Å². The Labute approximate surface area is 91.8 Å². The lowest BCUT2D eigenvalue weighted by Gasteiger charge is -2.16. The Morgan fingerprint density at radius 1 is 1.19 bits per heavy atom. The minimum atomic E-state index is -4.31. The van der Waals surface area contributed by atoms with Crippen molar-refractivity contribution in [2.45, 2.75) is 0 Å². The van der Waals surface area contributed by atoms with Gasteiger partial charge in [0, 0.05) is 0 Å². The van der Waals surface area contributed by atoms with E-state index < -0.39 is 33.7 Å². The molecule has 0 radical (unpaired) electrons. The van der Waals surface area contributed by atoms with Gasteiger partial charge in [-0.3, -0.25) is 18.8 Å². The standard InChI is InChI=1S/C5H14N2O7P2/c1-7(4-16(12,13)14)2-5(8)6-3-15(9,10)11/h2-4H2,1H3,(H,6,8)(H2,9,10,11)(H2,12,13,14). The molecule has 9 nitrogen and oxygen atoms in total. The first-order valence-corrected chi connectivity index (χ1v) is 7.63. The smallest absolute Gasteiger partial charge is 0.343 e. The predicted octanol–water partition coefficient (Wildman–Crippen LogP) is -1.70. The van der Waals surface area contributed by atoms with Crippen molar-refractivity contribution < 1.29 is 33.5 Å². The van der Waals surface area contributed by atoms with Gasteiger partial charge in [0.05, 0.1) is 6.54 Å². The van der Waals surface area contributed by atoms with E-state index in [-0.39, 0.29) is 6.54 Å². The van der Waals surface area contributed by atoms with Crippen molar-refractivity contribution in [1.29, 1.82) is 0 Å². The lowest BCUT2D eigenvalue weighted by molar-refractivity contribution is -0.121. The molecule has 0 rings (SSSR count). The Kier molecular flexibility index (Phi) is 5.78. The quantitative estimate of drug-likeness (QED) is 0.361. The molecule has 0 aliphatic heterocycles. The Bertz CT molecular complexity index is 334. The van der Waals surface area contributed by atoms with Gasteiger partial charge in [0.2, 0.25) is 5.91 Å². The van der Waals surface area contributed by atoms with Crippen molar-refractivity contribution in [1.82, 2.24) is 10.2 Å². The molecule has 0 bridgehead atoms. The molecule has 0 aliphatic carbocycles. The summed E-state index contributed by atoms with van der Waals surface area (Å²) in [4.78, 5) is 46.1. The Balaban J connectivity index is 3.97. The molecule has 0 saturated heterocycles. The molecule has 5 N–H and O–H groups in total. The first-order valence-electron chi connectivity index (χ1n) is 4.04. The maximum Gasteiger partial charge on any atom is 0.344 e. The van der Waals surface area contributed by atoms with Crippen LogP contribution in [0, 0.1) is 0 Å². The summed E-state index contributed by atoms with van der Waals surface area (Å²) in [5, 5.41) is 1.94. The molecule has 16 heavy (non-hydrogen) atoms. The van der Waals surface area contributed by atoms with Gasteiger partial charge < -0.3 is 24.9 Å². The van der Waals surface area contributed by atoms with Gasteiger partial charge in [0.25, 0.3) is 0 Å². The van der Waals surface area contributed by atoms with E-state index in [0.29, 0.717) is 0 Å². The van der Waals surface area contributed by atoms with Gasteiger partial charge in [-0.25, -0.2) is 0 Å². The van der Waals surface area contributed by atoms with Gasteiger partial charge in [-0.2, -0.15) is 0 Å². The highest BCUT2D eigenvalue weighted by molar-refractivity contribution is 7.51. The molecular weight excluding hydrogens is 262 g/mol. The first-order chi connectivity index (χ1) is 6.99. The predicted molar refractivity (Wildman–Crippen MR) is 54.6 cm³/mol. The number of carbonyl (C=O) groups excluding carboxylic acids is 1. The van der Waals surface area contributed by atoms with Crippen LogP contribution in [0.15, 0.2) is 0 Å². The highest BCUT2D eigenvalue weighted by Crippen LogP contribution is 2.34. The molecule has 0 aromatic heterocycles. The van der Waals surface area contributed by atoms with Gasteiger partial charge in [-0.15, -0.1) is 0 Å². The third kappa shape index (κ3) is 10.3. The van der Waals surface area contributed by atoms with Crippen LogP contribution >= 0.6 is 15.2 Å². The molecular formula is C5H14N2O7P2. The molecule has 0 aromatic rings. The zero-order valence-electron chi connectivity index (χ0n) is 8.48. The van der Waals surface area contributed by atoms with Crippen LogP contribution in [0.4, 0.5) is 0 Å². The van der Waals surface area contributed by atoms with Crippen molar-refractivity contribution in [3.63, 3.8) is 0 Å². The van der Waals surface area contributed by atoms with Crippen LogP contribution in [0.25, 0.3) is 0 Å². The minimum absolute atomic E-state index is 0.356. The molecule has 0 heterocycles. The molecule has 11 heteroatoms. The highest BCUT2D eigenvalue weighted by Gasteiger charge is 2.19. The molecule has 0 spiro atoms. The van der Waals surface area contributed by atoms with Crippen molar-refractivity contribution in [2.24, 2.45) is 0 Å². The zero-order valence-corrected chi connectivity index (χ0v) is 10.3. The number of rotatable bonds is 6. The topological polar surface area (TPSA) is 147 Å². The van der Waals surface area contributed by atoms with Crippen molar-refractivity contribution in [2.75, 3.05) is 26.2 Å². The Hall–Kier alpha value is -0.270. The second kappa shape index (κ2) is 5.88. The van der Waals surface area contributed by atoms with E-state index in [1.54, 1.807) is 0 Å². The van der Waals surface area contributed by atoms with Gasteiger partial charge >= 0.3 is 15.2 Å². The normalized spacial score (nSPS) is 12.9. The number of amides is 1. The SMILES string of the molecule is CN(CC(=O)NCP(=O)(O)O)CP(=O)(O)O. The number of carbonyl (C=O) groups is 1. The summed E-state index contributed by atoms with van der Waals surface area (Å²) in [6.45, 7) is -0.356. The summed E-state index contributed by atoms with van der Waals surface area (Å²) in [6, 6.07) is 0. The van der Waals surface area contributed by atoms with Crippen LogP contribution < -0.4 is 5.32 Å². The summed E-state index contributed by atoms with van der Waals surface area (Å²) in [7, 11) is -7.24. The molecule has 0 aromatic carbocycles. The minimum Gasteiger partial charge on any atom is -0.343 e. The van der Waals surface area contributed by atoms with Crippen molar-refractivity contribution in [3.8, 4) is 0 Å². The van der Waals surface area contributed by atoms with Crippen molar-refractivity contribution >= 4 is 21.1 Å². The summed E-state index contributed by atoms with van der Waals surface area (Å²) < 4.78 is 20.9. The molecule has 0 aliphatic rings. The van der Waals surface area contributed by atoms with E-state index in [4.69, 9.17) is 19.6 Å². The summed E-state index contributed by atoms with van der Waals surface area (Å²) >= 11 is 0. The van der Waals surface area contributed by atoms with Crippen LogP contribution in [0.2, 0.25) is 0 Å². The lowest BCUT2D eigenvalue weighted by Crippen LogP contribution is -2.35. The third-order valence-electron chi connectivity index (χ3n) is 1.32.